The molecule has 2 amide bonds. The van der Waals surface area contributed by atoms with Crippen LogP contribution in [0, 0.1) is 0 Å². The molecule has 6 nitrogen and oxygen atoms in total. The minimum Gasteiger partial charge on any atom is -0.497 e. The fourth-order valence-corrected chi connectivity index (χ4v) is 2.96. The number of hydroxylamine groups is 2. The lowest BCUT2D eigenvalue weighted by molar-refractivity contribution is -0.191. The number of carbonyl (C=O) groups is 2. The van der Waals surface area contributed by atoms with E-state index < -0.39 is 17.9 Å². The second kappa shape index (κ2) is 7.46. The highest BCUT2D eigenvalue weighted by Gasteiger charge is 2.39. The lowest BCUT2D eigenvalue weighted by Crippen LogP contribution is -2.59. The van der Waals surface area contributed by atoms with E-state index in [0.717, 1.165) is 16.9 Å². The number of benzene rings is 2. The Morgan fingerprint density at radius 2 is 1.72 bits per heavy atom. The number of nitrogens with zero attached hydrogens (tertiary/aromatic N) is 2. The van der Waals surface area contributed by atoms with Crippen molar-refractivity contribution in [3.63, 3.8) is 0 Å². The number of imide groups is 1. The Hall–Kier alpha value is -2.70. The van der Waals surface area contributed by atoms with Crippen LogP contribution in [0.25, 0.3) is 0 Å². The Labute approximate surface area is 146 Å². The van der Waals surface area contributed by atoms with Gasteiger partial charge in [0.1, 0.15) is 5.75 Å². The molecular formula is C19H20N2O4. The molecule has 1 aliphatic heterocycles. The number of methoxy groups -OCH3 is 1. The molecule has 130 valence electrons. The van der Waals surface area contributed by atoms with Gasteiger partial charge < -0.3 is 4.74 Å². The van der Waals surface area contributed by atoms with E-state index in [9.17, 15) is 14.8 Å². The third-order valence-electron chi connectivity index (χ3n) is 4.33. The van der Waals surface area contributed by atoms with Crippen LogP contribution < -0.4 is 4.74 Å². The molecule has 1 aliphatic rings. The number of ether oxygens (including phenoxy) is 1. The van der Waals surface area contributed by atoms with Crippen molar-refractivity contribution in [1.29, 1.82) is 0 Å². The van der Waals surface area contributed by atoms with E-state index in [1.165, 1.54) is 0 Å². The first kappa shape index (κ1) is 17.1. The van der Waals surface area contributed by atoms with Crippen molar-refractivity contribution in [2.45, 2.75) is 19.0 Å². The summed E-state index contributed by atoms with van der Waals surface area (Å²) in [6, 6.07) is 16.5. The molecule has 3 rings (SSSR count). The van der Waals surface area contributed by atoms with E-state index >= 15 is 0 Å². The molecule has 0 unspecified atom stereocenters. The molecule has 2 aromatic rings. The second-order valence-corrected chi connectivity index (χ2v) is 6.00. The average molecular weight is 340 g/mol. The number of piperazine rings is 1. The van der Waals surface area contributed by atoms with Crippen LogP contribution in [0.4, 0.5) is 0 Å². The minimum atomic E-state index is -0.608. The highest BCUT2D eigenvalue weighted by molar-refractivity contribution is 5.99. The van der Waals surface area contributed by atoms with E-state index in [1.807, 2.05) is 54.6 Å². The molecule has 0 radical (unpaired) electrons. The van der Waals surface area contributed by atoms with Gasteiger partial charge in [-0.25, -0.2) is 0 Å². The fourth-order valence-electron chi connectivity index (χ4n) is 2.96. The fraction of sp³-hybridized carbons (Fsp3) is 0.263. The van der Waals surface area contributed by atoms with E-state index in [2.05, 4.69) is 0 Å². The zero-order valence-corrected chi connectivity index (χ0v) is 14.0. The summed E-state index contributed by atoms with van der Waals surface area (Å²) < 4.78 is 5.15. The molecule has 1 saturated heterocycles. The zero-order valence-electron chi connectivity index (χ0n) is 14.0. The Kier molecular flexibility index (Phi) is 5.11. The SMILES string of the molecule is COc1ccc(CN2CC(=O)N(O)C(=O)[C@@H]2Cc2ccccc2)cc1. The summed E-state index contributed by atoms with van der Waals surface area (Å²) in [5, 5.41) is 9.99. The van der Waals surface area contributed by atoms with Crippen LogP contribution in [-0.4, -0.2) is 46.7 Å². The van der Waals surface area contributed by atoms with Crippen molar-refractivity contribution in [3.8, 4) is 5.75 Å². The van der Waals surface area contributed by atoms with Crippen molar-refractivity contribution < 1.29 is 19.5 Å². The molecule has 0 aliphatic carbocycles. The lowest BCUT2D eigenvalue weighted by atomic mass is 10.0. The average Bonchev–Trinajstić information content (AvgIpc) is 2.64. The molecule has 25 heavy (non-hydrogen) atoms. The van der Waals surface area contributed by atoms with Crippen LogP contribution in [-0.2, 0) is 22.6 Å². The maximum Gasteiger partial charge on any atom is 0.271 e. The van der Waals surface area contributed by atoms with Crippen molar-refractivity contribution >= 4 is 11.8 Å². The smallest absolute Gasteiger partial charge is 0.271 e. The summed E-state index contributed by atoms with van der Waals surface area (Å²) in [5.41, 5.74) is 1.94. The summed E-state index contributed by atoms with van der Waals surface area (Å²) in [6.07, 6.45) is 0.431. The van der Waals surface area contributed by atoms with Crippen LogP contribution in [0.3, 0.4) is 0 Å². The Morgan fingerprint density at radius 3 is 2.36 bits per heavy atom. The Bertz CT molecular complexity index is 746. The Balaban J connectivity index is 1.81. The van der Waals surface area contributed by atoms with E-state index in [1.54, 1.807) is 12.0 Å². The van der Waals surface area contributed by atoms with Gasteiger partial charge in [0.15, 0.2) is 0 Å². The summed E-state index contributed by atoms with van der Waals surface area (Å²) >= 11 is 0. The highest BCUT2D eigenvalue weighted by Crippen LogP contribution is 2.20. The van der Waals surface area contributed by atoms with Gasteiger partial charge in [-0.1, -0.05) is 42.5 Å². The predicted molar refractivity (Wildman–Crippen MR) is 91.0 cm³/mol. The Morgan fingerprint density at radius 1 is 1.04 bits per heavy atom. The summed E-state index contributed by atoms with van der Waals surface area (Å²) in [7, 11) is 1.60. The monoisotopic (exact) mass is 340 g/mol. The van der Waals surface area contributed by atoms with Crippen LogP contribution in [0.15, 0.2) is 54.6 Å². The largest absolute Gasteiger partial charge is 0.497 e. The molecule has 1 atom stereocenters. The number of rotatable bonds is 5. The standard InChI is InChI=1S/C19H20N2O4/c1-25-16-9-7-15(8-10-16)12-20-13-18(22)21(24)19(23)17(20)11-14-5-3-2-4-6-14/h2-10,17,24H,11-13H2,1H3/t17-/m0/s1. The van der Waals surface area contributed by atoms with Gasteiger partial charge in [-0.2, -0.15) is 5.06 Å². The molecule has 1 N–H and O–H groups in total. The number of carbonyl (C=O) groups excluding carboxylic acids is 2. The highest BCUT2D eigenvalue weighted by atomic mass is 16.5. The first-order valence-electron chi connectivity index (χ1n) is 8.05. The van der Waals surface area contributed by atoms with Crippen LogP contribution >= 0.6 is 0 Å². The molecule has 1 fully saturated rings. The number of hydrogen-bond acceptors (Lipinski definition) is 5. The maximum absolute atomic E-state index is 12.4. The molecule has 0 bridgehead atoms. The third kappa shape index (κ3) is 3.87. The van der Waals surface area contributed by atoms with Crippen molar-refractivity contribution in [2.75, 3.05) is 13.7 Å². The topological polar surface area (TPSA) is 70.1 Å². The number of amides is 2. The number of hydrogen-bond donors (Lipinski definition) is 1. The molecule has 0 aromatic heterocycles. The van der Waals surface area contributed by atoms with Gasteiger partial charge in [0.25, 0.3) is 11.8 Å². The molecular weight excluding hydrogens is 320 g/mol. The first-order chi connectivity index (χ1) is 12.1. The summed E-state index contributed by atoms with van der Waals surface area (Å²) in [4.78, 5) is 26.1. The van der Waals surface area contributed by atoms with Gasteiger partial charge in [0.05, 0.1) is 19.7 Å². The van der Waals surface area contributed by atoms with Gasteiger partial charge in [-0.15, -0.1) is 0 Å². The van der Waals surface area contributed by atoms with Gasteiger partial charge in [-0.3, -0.25) is 19.7 Å². The van der Waals surface area contributed by atoms with E-state index in [4.69, 9.17) is 4.74 Å². The normalized spacial score (nSPS) is 18.5. The lowest BCUT2D eigenvalue weighted by Gasteiger charge is -2.36. The van der Waals surface area contributed by atoms with Crippen molar-refractivity contribution in [1.82, 2.24) is 9.96 Å². The first-order valence-corrected chi connectivity index (χ1v) is 8.05. The van der Waals surface area contributed by atoms with Gasteiger partial charge >= 0.3 is 0 Å². The maximum atomic E-state index is 12.4. The predicted octanol–water partition coefficient (Wildman–Crippen LogP) is 1.87. The summed E-state index contributed by atoms with van der Waals surface area (Å²) in [5.74, 6) is -0.451. The van der Waals surface area contributed by atoms with Crippen LogP contribution in [0.5, 0.6) is 5.75 Å². The van der Waals surface area contributed by atoms with E-state index in [-0.39, 0.29) is 11.6 Å². The molecule has 0 spiro atoms. The van der Waals surface area contributed by atoms with Crippen LogP contribution in [0.1, 0.15) is 11.1 Å². The molecule has 6 heteroatoms. The quantitative estimate of drug-likeness (QED) is 0.665. The summed E-state index contributed by atoms with van der Waals surface area (Å²) in [6.45, 7) is 0.429. The van der Waals surface area contributed by atoms with Gasteiger partial charge in [0.2, 0.25) is 0 Å². The van der Waals surface area contributed by atoms with Gasteiger partial charge in [-0.05, 0) is 29.7 Å². The van der Waals surface area contributed by atoms with Crippen LogP contribution in [0.2, 0.25) is 0 Å². The molecule has 1 heterocycles. The van der Waals surface area contributed by atoms with Crippen molar-refractivity contribution in [3.05, 3.63) is 65.7 Å². The zero-order chi connectivity index (χ0) is 17.8. The molecule has 0 saturated carbocycles. The minimum absolute atomic E-state index is 0.00817. The third-order valence-corrected chi connectivity index (χ3v) is 4.33. The second-order valence-electron chi connectivity index (χ2n) is 6.00. The van der Waals surface area contributed by atoms with Crippen molar-refractivity contribution in [2.24, 2.45) is 0 Å². The molecule has 2 aromatic carbocycles. The van der Waals surface area contributed by atoms with E-state index in [0.29, 0.717) is 13.0 Å². The van der Waals surface area contributed by atoms with Gasteiger partial charge in [0, 0.05) is 6.54 Å².